The lowest BCUT2D eigenvalue weighted by molar-refractivity contribution is 0.0945. The fourth-order valence-corrected chi connectivity index (χ4v) is 2.97. The van der Waals surface area contributed by atoms with E-state index in [-0.39, 0.29) is 12.7 Å². The Morgan fingerprint density at radius 2 is 1.83 bits per heavy atom. The SMILES string of the molecule is CC(C)c1ccc(Nc2cc(C(=O)NCc3ccc4c(c3)OCO4)ncn2)cc1. The van der Waals surface area contributed by atoms with Crippen molar-refractivity contribution >= 4 is 17.4 Å². The number of nitrogens with one attached hydrogen (secondary N) is 2. The predicted molar refractivity (Wildman–Crippen MR) is 110 cm³/mol. The summed E-state index contributed by atoms with van der Waals surface area (Å²) in [6.45, 7) is 4.89. The van der Waals surface area contributed by atoms with E-state index in [1.54, 1.807) is 6.07 Å². The highest BCUT2D eigenvalue weighted by Gasteiger charge is 2.14. The van der Waals surface area contributed by atoms with E-state index in [1.807, 2.05) is 30.3 Å². The minimum atomic E-state index is -0.275. The van der Waals surface area contributed by atoms with Crippen LogP contribution in [0.4, 0.5) is 11.5 Å². The van der Waals surface area contributed by atoms with Gasteiger partial charge < -0.3 is 20.1 Å². The molecule has 1 aliphatic rings. The van der Waals surface area contributed by atoms with Crippen molar-refractivity contribution in [2.45, 2.75) is 26.3 Å². The molecule has 1 amide bonds. The summed E-state index contributed by atoms with van der Waals surface area (Å²) >= 11 is 0. The van der Waals surface area contributed by atoms with Gasteiger partial charge in [0.2, 0.25) is 6.79 Å². The number of anilines is 2. The van der Waals surface area contributed by atoms with Crippen molar-refractivity contribution in [2.75, 3.05) is 12.1 Å². The van der Waals surface area contributed by atoms with Crippen LogP contribution in [-0.2, 0) is 6.54 Å². The molecule has 0 spiro atoms. The van der Waals surface area contributed by atoms with Crippen molar-refractivity contribution in [2.24, 2.45) is 0 Å². The van der Waals surface area contributed by atoms with Crippen molar-refractivity contribution < 1.29 is 14.3 Å². The van der Waals surface area contributed by atoms with Crippen LogP contribution >= 0.6 is 0 Å². The Kier molecular flexibility index (Phi) is 5.29. The average Bonchev–Trinajstić information content (AvgIpc) is 3.20. The van der Waals surface area contributed by atoms with E-state index in [4.69, 9.17) is 9.47 Å². The van der Waals surface area contributed by atoms with Crippen LogP contribution in [0.3, 0.4) is 0 Å². The lowest BCUT2D eigenvalue weighted by Crippen LogP contribution is -2.24. The van der Waals surface area contributed by atoms with Crippen LogP contribution in [0, 0.1) is 0 Å². The van der Waals surface area contributed by atoms with E-state index in [9.17, 15) is 4.79 Å². The van der Waals surface area contributed by atoms with Crippen LogP contribution in [0.25, 0.3) is 0 Å². The van der Waals surface area contributed by atoms with Gasteiger partial charge in [-0.15, -0.1) is 0 Å². The molecule has 1 aromatic heterocycles. The number of rotatable bonds is 6. The number of ether oxygens (including phenoxy) is 2. The summed E-state index contributed by atoms with van der Waals surface area (Å²) in [5.41, 5.74) is 3.38. The number of fused-ring (bicyclic) bond motifs is 1. The van der Waals surface area contributed by atoms with Gasteiger partial charge in [0.05, 0.1) is 0 Å². The largest absolute Gasteiger partial charge is 0.454 e. The molecule has 0 bridgehead atoms. The van der Waals surface area contributed by atoms with Crippen LogP contribution in [-0.4, -0.2) is 22.7 Å². The van der Waals surface area contributed by atoms with Crippen molar-refractivity contribution in [1.82, 2.24) is 15.3 Å². The molecule has 7 nitrogen and oxygen atoms in total. The molecule has 4 rings (SSSR count). The third kappa shape index (κ3) is 4.45. The van der Waals surface area contributed by atoms with Crippen LogP contribution in [0.1, 0.15) is 41.4 Å². The van der Waals surface area contributed by atoms with Gasteiger partial charge in [-0.2, -0.15) is 0 Å². The van der Waals surface area contributed by atoms with Crippen LogP contribution in [0.5, 0.6) is 11.5 Å². The van der Waals surface area contributed by atoms with E-state index in [0.29, 0.717) is 35.5 Å². The topological polar surface area (TPSA) is 85.4 Å². The zero-order valence-corrected chi connectivity index (χ0v) is 16.3. The summed E-state index contributed by atoms with van der Waals surface area (Å²) < 4.78 is 10.7. The molecule has 29 heavy (non-hydrogen) atoms. The molecule has 0 fully saturated rings. The zero-order valence-electron chi connectivity index (χ0n) is 16.3. The van der Waals surface area contributed by atoms with E-state index >= 15 is 0 Å². The van der Waals surface area contributed by atoms with Crippen LogP contribution in [0.2, 0.25) is 0 Å². The quantitative estimate of drug-likeness (QED) is 0.662. The predicted octanol–water partition coefficient (Wildman–Crippen LogP) is 4.00. The molecule has 2 heterocycles. The lowest BCUT2D eigenvalue weighted by atomic mass is 10.0. The summed E-state index contributed by atoms with van der Waals surface area (Å²) in [5.74, 6) is 2.17. The Hall–Kier alpha value is -3.61. The Morgan fingerprint density at radius 3 is 2.62 bits per heavy atom. The molecule has 3 aromatic rings. The summed E-state index contributed by atoms with van der Waals surface area (Å²) in [6.07, 6.45) is 1.38. The molecule has 7 heteroatoms. The Morgan fingerprint density at radius 1 is 1.03 bits per heavy atom. The molecule has 0 aliphatic carbocycles. The Balaban J connectivity index is 1.39. The number of amides is 1. The third-order valence-electron chi connectivity index (χ3n) is 4.64. The van der Waals surface area contributed by atoms with Gasteiger partial charge in [-0.25, -0.2) is 9.97 Å². The monoisotopic (exact) mass is 390 g/mol. The van der Waals surface area contributed by atoms with Gasteiger partial charge in [-0.05, 0) is 41.3 Å². The molecule has 2 aromatic carbocycles. The van der Waals surface area contributed by atoms with Crippen LogP contribution in [0.15, 0.2) is 54.9 Å². The van der Waals surface area contributed by atoms with Gasteiger partial charge in [-0.1, -0.05) is 32.0 Å². The number of nitrogens with zero attached hydrogens (tertiary/aromatic N) is 2. The number of benzene rings is 2. The van der Waals surface area contributed by atoms with Gasteiger partial charge >= 0.3 is 0 Å². The van der Waals surface area contributed by atoms with Gasteiger partial charge in [-0.3, -0.25) is 4.79 Å². The molecule has 1 aliphatic heterocycles. The maximum Gasteiger partial charge on any atom is 0.270 e. The summed E-state index contributed by atoms with van der Waals surface area (Å²) in [5, 5.41) is 6.07. The zero-order chi connectivity index (χ0) is 20.2. The number of hydrogen-bond acceptors (Lipinski definition) is 6. The van der Waals surface area contributed by atoms with Crippen molar-refractivity contribution in [1.29, 1.82) is 0 Å². The van der Waals surface area contributed by atoms with Gasteiger partial charge in [0.25, 0.3) is 5.91 Å². The number of aromatic nitrogens is 2. The molecular formula is C22H22N4O3. The van der Waals surface area contributed by atoms with Gasteiger partial charge in [0.15, 0.2) is 11.5 Å². The molecule has 0 radical (unpaired) electrons. The fourth-order valence-electron chi connectivity index (χ4n) is 2.97. The second kappa shape index (κ2) is 8.18. The Bertz CT molecular complexity index is 1020. The first-order valence-electron chi connectivity index (χ1n) is 9.44. The van der Waals surface area contributed by atoms with E-state index in [2.05, 4.69) is 46.6 Å². The highest BCUT2D eigenvalue weighted by Crippen LogP contribution is 2.32. The molecular weight excluding hydrogens is 368 g/mol. The first kappa shape index (κ1) is 18.7. The van der Waals surface area contributed by atoms with Gasteiger partial charge in [0, 0.05) is 18.3 Å². The standard InChI is InChI=1S/C22H22N4O3/c1-14(2)16-4-6-17(7-5-16)26-21-10-18(24-12-25-21)22(27)23-11-15-3-8-19-20(9-15)29-13-28-19/h3-10,12,14H,11,13H2,1-2H3,(H,23,27)(H,24,25,26). The smallest absolute Gasteiger partial charge is 0.270 e. The summed E-state index contributed by atoms with van der Waals surface area (Å²) in [4.78, 5) is 20.8. The van der Waals surface area contributed by atoms with E-state index in [1.165, 1.54) is 11.9 Å². The number of carbonyl (C=O) groups is 1. The second-order valence-electron chi connectivity index (χ2n) is 7.06. The van der Waals surface area contributed by atoms with Crippen molar-refractivity contribution in [3.05, 3.63) is 71.7 Å². The summed E-state index contributed by atoms with van der Waals surface area (Å²) in [7, 11) is 0. The number of carbonyl (C=O) groups excluding carboxylic acids is 1. The second-order valence-corrected chi connectivity index (χ2v) is 7.06. The molecule has 148 valence electrons. The molecule has 0 saturated heterocycles. The highest BCUT2D eigenvalue weighted by molar-refractivity contribution is 5.92. The third-order valence-corrected chi connectivity index (χ3v) is 4.64. The average molecular weight is 390 g/mol. The van der Waals surface area contributed by atoms with Crippen molar-refractivity contribution in [3.63, 3.8) is 0 Å². The highest BCUT2D eigenvalue weighted by atomic mass is 16.7. The maximum atomic E-state index is 12.5. The summed E-state index contributed by atoms with van der Waals surface area (Å²) in [6, 6.07) is 15.4. The van der Waals surface area contributed by atoms with Crippen LogP contribution < -0.4 is 20.1 Å². The number of hydrogen-bond donors (Lipinski definition) is 2. The van der Waals surface area contributed by atoms with E-state index < -0.39 is 0 Å². The normalized spacial score (nSPS) is 12.1. The molecule has 0 saturated carbocycles. The minimum Gasteiger partial charge on any atom is -0.454 e. The first-order chi connectivity index (χ1) is 14.1. The van der Waals surface area contributed by atoms with Gasteiger partial charge in [0.1, 0.15) is 17.8 Å². The van der Waals surface area contributed by atoms with E-state index in [0.717, 1.165) is 11.3 Å². The lowest BCUT2D eigenvalue weighted by Gasteiger charge is -2.10. The first-order valence-corrected chi connectivity index (χ1v) is 9.44. The molecule has 2 N–H and O–H groups in total. The minimum absolute atomic E-state index is 0.224. The van der Waals surface area contributed by atoms with Crippen molar-refractivity contribution in [3.8, 4) is 11.5 Å². The fraction of sp³-hybridized carbons (Fsp3) is 0.227. The molecule has 0 unspecified atom stereocenters. The maximum absolute atomic E-state index is 12.5. The Labute approximate surface area is 169 Å². The molecule has 0 atom stereocenters.